The molecule has 1 aromatic heterocycles. The second-order valence-corrected chi connectivity index (χ2v) is 7.30. The second-order valence-electron chi connectivity index (χ2n) is 7.30. The van der Waals surface area contributed by atoms with Gasteiger partial charge in [-0.25, -0.2) is 0 Å². The van der Waals surface area contributed by atoms with Crippen LogP contribution in [-0.2, 0) is 6.42 Å². The predicted octanol–water partition coefficient (Wildman–Crippen LogP) is 4.67. The molecular weight excluding hydrogens is 352 g/mol. The summed E-state index contributed by atoms with van der Waals surface area (Å²) in [6, 6.07) is 18.9. The van der Waals surface area contributed by atoms with E-state index in [9.17, 15) is 9.90 Å². The van der Waals surface area contributed by atoms with Crippen molar-refractivity contribution >= 4 is 5.91 Å². The molecule has 1 amide bonds. The van der Waals surface area contributed by atoms with Gasteiger partial charge in [0.25, 0.3) is 5.91 Å². The number of aromatic nitrogens is 1. The molecule has 5 heteroatoms. The van der Waals surface area contributed by atoms with E-state index >= 15 is 0 Å². The molecule has 0 spiro atoms. The van der Waals surface area contributed by atoms with Crippen molar-refractivity contribution in [2.45, 2.75) is 38.1 Å². The van der Waals surface area contributed by atoms with Gasteiger partial charge >= 0.3 is 0 Å². The fourth-order valence-corrected chi connectivity index (χ4v) is 3.87. The number of rotatable bonds is 5. The summed E-state index contributed by atoms with van der Waals surface area (Å²) in [7, 11) is 0. The van der Waals surface area contributed by atoms with Crippen LogP contribution in [0, 0.1) is 0 Å². The van der Waals surface area contributed by atoms with Crippen molar-refractivity contribution in [3.63, 3.8) is 0 Å². The molecule has 144 valence electrons. The highest BCUT2D eigenvalue weighted by molar-refractivity contribution is 5.93. The predicted molar refractivity (Wildman–Crippen MR) is 107 cm³/mol. The fourth-order valence-electron chi connectivity index (χ4n) is 3.87. The monoisotopic (exact) mass is 376 g/mol. The summed E-state index contributed by atoms with van der Waals surface area (Å²) in [6.07, 6.45) is 4.84. The lowest BCUT2D eigenvalue weighted by atomic mass is 9.95. The van der Waals surface area contributed by atoms with Crippen molar-refractivity contribution in [3.8, 4) is 17.1 Å². The standard InChI is InChI=1S/C23H24N2O3/c26-20-11-6-7-17(15-20)12-13-19-10-4-5-14-25(19)23(27)21-16-22(28-24-21)18-8-2-1-3-9-18/h1-3,6-9,11,15-16,19,26H,4-5,10,12-14H2/t19-/m1/s1. The minimum atomic E-state index is -0.0634. The molecule has 3 aromatic rings. The minimum Gasteiger partial charge on any atom is -0.508 e. The molecule has 2 heterocycles. The second kappa shape index (κ2) is 8.30. The van der Waals surface area contributed by atoms with Gasteiger partial charge in [0.05, 0.1) is 0 Å². The highest BCUT2D eigenvalue weighted by Gasteiger charge is 2.29. The van der Waals surface area contributed by atoms with Gasteiger partial charge < -0.3 is 14.5 Å². The van der Waals surface area contributed by atoms with Crippen LogP contribution in [-0.4, -0.2) is 33.7 Å². The number of piperidine rings is 1. The Balaban J connectivity index is 1.46. The molecule has 4 rings (SSSR count). The summed E-state index contributed by atoms with van der Waals surface area (Å²) in [6.45, 7) is 0.747. The van der Waals surface area contributed by atoms with Gasteiger partial charge in [-0.1, -0.05) is 47.6 Å². The molecule has 1 saturated heterocycles. The lowest BCUT2D eigenvalue weighted by Crippen LogP contribution is -2.44. The van der Waals surface area contributed by atoms with Crippen molar-refractivity contribution in [1.82, 2.24) is 10.1 Å². The lowest BCUT2D eigenvalue weighted by molar-refractivity contribution is 0.0591. The number of benzene rings is 2. The topological polar surface area (TPSA) is 66.6 Å². The van der Waals surface area contributed by atoms with E-state index in [2.05, 4.69) is 5.16 Å². The Morgan fingerprint density at radius 3 is 2.79 bits per heavy atom. The fraction of sp³-hybridized carbons (Fsp3) is 0.304. The molecule has 0 saturated carbocycles. The van der Waals surface area contributed by atoms with E-state index in [0.717, 1.165) is 49.8 Å². The lowest BCUT2D eigenvalue weighted by Gasteiger charge is -2.35. The SMILES string of the molecule is O=C(c1cc(-c2ccccc2)on1)N1CCCC[C@@H]1CCc1cccc(O)c1. The number of phenols is 1. The number of hydrogen-bond acceptors (Lipinski definition) is 4. The largest absolute Gasteiger partial charge is 0.508 e. The Morgan fingerprint density at radius 2 is 1.96 bits per heavy atom. The Kier molecular flexibility index (Phi) is 5.42. The highest BCUT2D eigenvalue weighted by Crippen LogP contribution is 2.26. The average molecular weight is 376 g/mol. The third-order valence-corrected chi connectivity index (χ3v) is 5.35. The van der Waals surface area contributed by atoms with Gasteiger partial charge in [-0.2, -0.15) is 0 Å². The summed E-state index contributed by atoms with van der Waals surface area (Å²) in [5.74, 6) is 0.828. The number of carbonyl (C=O) groups is 1. The maximum Gasteiger partial charge on any atom is 0.276 e. The normalized spacial score (nSPS) is 16.9. The van der Waals surface area contributed by atoms with Crippen LogP contribution < -0.4 is 0 Å². The zero-order valence-electron chi connectivity index (χ0n) is 15.8. The van der Waals surface area contributed by atoms with E-state index in [1.165, 1.54) is 0 Å². The molecule has 0 aliphatic carbocycles. The Hall–Kier alpha value is -3.08. The first-order chi connectivity index (χ1) is 13.7. The molecule has 5 nitrogen and oxygen atoms in total. The van der Waals surface area contributed by atoms with E-state index in [1.54, 1.807) is 18.2 Å². The summed E-state index contributed by atoms with van der Waals surface area (Å²) < 4.78 is 5.42. The molecule has 0 bridgehead atoms. The molecule has 1 aliphatic heterocycles. The molecule has 1 N–H and O–H groups in total. The maximum absolute atomic E-state index is 13.1. The van der Waals surface area contributed by atoms with Gasteiger partial charge in [-0.3, -0.25) is 4.79 Å². The number of nitrogens with zero attached hydrogens (tertiary/aromatic N) is 2. The summed E-state index contributed by atoms with van der Waals surface area (Å²) in [4.78, 5) is 15.0. The van der Waals surface area contributed by atoms with Gasteiger partial charge in [0.1, 0.15) is 5.75 Å². The van der Waals surface area contributed by atoms with Crippen molar-refractivity contribution in [1.29, 1.82) is 0 Å². The average Bonchev–Trinajstić information content (AvgIpc) is 3.23. The van der Waals surface area contributed by atoms with Crippen LogP contribution in [0.15, 0.2) is 65.2 Å². The van der Waals surface area contributed by atoms with Crippen molar-refractivity contribution < 1.29 is 14.4 Å². The quantitative estimate of drug-likeness (QED) is 0.702. The number of amides is 1. The molecule has 2 aromatic carbocycles. The van der Waals surface area contributed by atoms with Crippen LogP contribution >= 0.6 is 0 Å². The number of aryl methyl sites for hydroxylation is 1. The van der Waals surface area contributed by atoms with E-state index in [0.29, 0.717) is 11.5 Å². The minimum absolute atomic E-state index is 0.0634. The van der Waals surface area contributed by atoms with Gasteiger partial charge in [-0.15, -0.1) is 0 Å². The van der Waals surface area contributed by atoms with E-state index < -0.39 is 0 Å². The van der Waals surface area contributed by atoms with Crippen molar-refractivity contribution in [3.05, 3.63) is 71.9 Å². The number of phenolic OH excluding ortho intramolecular Hbond substituents is 1. The summed E-state index contributed by atoms with van der Waals surface area (Å²) >= 11 is 0. The van der Waals surface area contributed by atoms with Crippen molar-refractivity contribution in [2.75, 3.05) is 6.54 Å². The van der Waals surface area contributed by atoms with E-state index in [1.807, 2.05) is 47.4 Å². The smallest absolute Gasteiger partial charge is 0.276 e. The first-order valence-electron chi connectivity index (χ1n) is 9.82. The van der Waals surface area contributed by atoms with Gasteiger partial charge in [0.15, 0.2) is 11.5 Å². The highest BCUT2D eigenvalue weighted by atomic mass is 16.5. The third-order valence-electron chi connectivity index (χ3n) is 5.35. The third kappa shape index (κ3) is 4.09. The van der Waals surface area contributed by atoms with Gasteiger partial charge in [0.2, 0.25) is 0 Å². The van der Waals surface area contributed by atoms with E-state index in [-0.39, 0.29) is 17.7 Å². The zero-order chi connectivity index (χ0) is 19.3. The maximum atomic E-state index is 13.1. The Labute approximate surface area is 164 Å². The van der Waals surface area contributed by atoms with Crippen molar-refractivity contribution in [2.24, 2.45) is 0 Å². The van der Waals surface area contributed by atoms with Gasteiger partial charge in [-0.05, 0) is 49.8 Å². The molecule has 0 unspecified atom stereocenters. The molecule has 1 aliphatic rings. The molecule has 1 fully saturated rings. The van der Waals surface area contributed by atoms with E-state index in [4.69, 9.17) is 4.52 Å². The Bertz CT molecular complexity index is 936. The van der Waals surface area contributed by atoms with Crippen LogP contribution in [0.25, 0.3) is 11.3 Å². The first-order valence-corrected chi connectivity index (χ1v) is 9.82. The summed E-state index contributed by atoms with van der Waals surface area (Å²) in [5.41, 5.74) is 2.36. The molecule has 1 atom stereocenters. The van der Waals surface area contributed by atoms with Crippen LogP contribution in [0.1, 0.15) is 41.7 Å². The van der Waals surface area contributed by atoms with Crippen LogP contribution in [0.2, 0.25) is 0 Å². The van der Waals surface area contributed by atoms with Crippen LogP contribution in [0.5, 0.6) is 5.75 Å². The molecular formula is C23H24N2O3. The summed E-state index contributed by atoms with van der Waals surface area (Å²) in [5, 5.41) is 13.7. The zero-order valence-corrected chi connectivity index (χ0v) is 15.8. The molecule has 0 radical (unpaired) electrons. The van der Waals surface area contributed by atoms with Gasteiger partial charge in [0, 0.05) is 24.2 Å². The number of carbonyl (C=O) groups excluding carboxylic acids is 1. The number of hydrogen-bond donors (Lipinski definition) is 1. The van der Waals surface area contributed by atoms with Crippen LogP contribution in [0.3, 0.4) is 0 Å². The first kappa shape index (κ1) is 18.3. The number of aromatic hydroxyl groups is 1. The Morgan fingerprint density at radius 1 is 1.11 bits per heavy atom. The molecule has 28 heavy (non-hydrogen) atoms. The number of likely N-dealkylation sites (tertiary alicyclic amines) is 1. The van der Waals surface area contributed by atoms with Crippen LogP contribution in [0.4, 0.5) is 0 Å².